The van der Waals surface area contributed by atoms with Crippen molar-refractivity contribution in [3.63, 3.8) is 0 Å². The van der Waals surface area contributed by atoms with Crippen LogP contribution in [0, 0.1) is 5.92 Å². The lowest BCUT2D eigenvalue weighted by molar-refractivity contribution is 0.0946. The molecule has 2 fully saturated rings. The zero-order valence-corrected chi connectivity index (χ0v) is 16.8. The Morgan fingerprint density at radius 1 is 1.31 bits per heavy atom. The summed E-state index contributed by atoms with van der Waals surface area (Å²) < 4.78 is 1.94. The fraction of sp³-hybridized carbons (Fsp3) is 0.789. The van der Waals surface area contributed by atoms with Gasteiger partial charge in [-0.2, -0.15) is 5.10 Å². The largest absolute Gasteiger partial charge is 0.351 e. The molecule has 1 aromatic rings. The lowest BCUT2D eigenvalue weighted by Gasteiger charge is -2.30. The van der Waals surface area contributed by atoms with Gasteiger partial charge < -0.3 is 15.5 Å². The van der Waals surface area contributed by atoms with Crippen LogP contribution in [0.4, 0.5) is 0 Å². The third kappa shape index (κ3) is 6.25. The lowest BCUT2D eigenvalue weighted by atomic mass is 9.99. The Morgan fingerprint density at radius 2 is 2.12 bits per heavy atom. The summed E-state index contributed by atoms with van der Waals surface area (Å²) in [7, 11) is 0. The van der Waals surface area contributed by atoms with Gasteiger partial charge in [0.15, 0.2) is 0 Å². The highest BCUT2D eigenvalue weighted by molar-refractivity contribution is 5.92. The highest BCUT2D eigenvalue weighted by Crippen LogP contribution is 2.16. The Hall–Kier alpha value is -1.11. The van der Waals surface area contributed by atoms with E-state index >= 15 is 0 Å². The number of nitrogens with zero attached hydrogens (tertiary/aromatic N) is 3. The van der Waals surface area contributed by atoms with Crippen molar-refractivity contribution in [1.82, 2.24) is 25.3 Å². The second-order valence-electron chi connectivity index (χ2n) is 7.67. The Bertz CT molecular complexity index is 536. The minimum absolute atomic E-state index is 0. The number of halogens is 1. The first-order valence-electron chi connectivity index (χ1n) is 9.99. The summed E-state index contributed by atoms with van der Waals surface area (Å²) in [5.41, 5.74) is 0.538. The molecule has 2 N–H and O–H groups in total. The summed E-state index contributed by atoms with van der Waals surface area (Å²) in [4.78, 5) is 14.8. The Kier molecular flexibility index (Phi) is 8.88. The molecule has 148 valence electrons. The number of amides is 1. The van der Waals surface area contributed by atoms with E-state index in [0.29, 0.717) is 11.7 Å². The molecule has 1 amide bonds. The van der Waals surface area contributed by atoms with Crippen molar-refractivity contribution < 1.29 is 4.79 Å². The van der Waals surface area contributed by atoms with E-state index in [2.05, 4.69) is 27.6 Å². The van der Waals surface area contributed by atoms with Gasteiger partial charge in [-0.3, -0.25) is 9.48 Å². The maximum absolute atomic E-state index is 12.2. The van der Waals surface area contributed by atoms with Crippen LogP contribution in [-0.4, -0.2) is 59.9 Å². The Labute approximate surface area is 163 Å². The van der Waals surface area contributed by atoms with Gasteiger partial charge in [0, 0.05) is 19.3 Å². The molecule has 3 heterocycles. The summed E-state index contributed by atoms with van der Waals surface area (Å²) in [6, 6.07) is 2.21. The van der Waals surface area contributed by atoms with Crippen molar-refractivity contribution >= 4 is 18.3 Å². The molecule has 3 rings (SSSR count). The van der Waals surface area contributed by atoms with E-state index in [1.165, 1.54) is 32.4 Å². The van der Waals surface area contributed by atoms with E-state index < -0.39 is 0 Å². The van der Waals surface area contributed by atoms with Crippen LogP contribution < -0.4 is 10.6 Å². The smallest absolute Gasteiger partial charge is 0.271 e. The van der Waals surface area contributed by atoms with Crippen LogP contribution in [0.15, 0.2) is 12.3 Å². The van der Waals surface area contributed by atoms with Gasteiger partial charge in [-0.05, 0) is 76.7 Å². The number of hydrogen-bond acceptors (Lipinski definition) is 4. The number of likely N-dealkylation sites (tertiary alicyclic amines) is 1. The zero-order chi connectivity index (χ0) is 17.5. The van der Waals surface area contributed by atoms with Crippen LogP contribution >= 0.6 is 12.4 Å². The maximum atomic E-state index is 12.2. The van der Waals surface area contributed by atoms with Crippen molar-refractivity contribution in [2.45, 2.75) is 51.5 Å². The molecule has 0 saturated carbocycles. The standard InChI is InChI=1S/C19H33N5O.ClH/c1-16-6-12-23(13-7-16)11-3-2-10-21-19(25)18-8-14-24(22-18)17-5-4-9-20-15-17;/h8,14,16-17,20H,2-7,9-13,15H2,1H3,(H,21,25);1H. The Morgan fingerprint density at radius 3 is 2.85 bits per heavy atom. The first-order chi connectivity index (χ1) is 12.2. The van der Waals surface area contributed by atoms with Gasteiger partial charge in [-0.25, -0.2) is 0 Å². The third-order valence-corrected chi connectivity index (χ3v) is 5.55. The van der Waals surface area contributed by atoms with Crippen LogP contribution in [0.3, 0.4) is 0 Å². The number of unbranched alkanes of at least 4 members (excludes halogenated alkanes) is 1. The molecule has 2 aliphatic heterocycles. The number of hydrogen-bond donors (Lipinski definition) is 2. The second kappa shape index (κ2) is 10.9. The number of carbonyl (C=O) groups is 1. The second-order valence-corrected chi connectivity index (χ2v) is 7.67. The van der Waals surface area contributed by atoms with E-state index in [4.69, 9.17) is 0 Å². The average Bonchev–Trinajstić information content (AvgIpc) is 3.14. The molecule has 0 radical (unpaired) electrons. The number of piperidine rings is 2. The van der Waals surface area contributed by atoms with Gasteiger partial charge in [0.25, 0.3) is 5.91 Å². The monoisotopic (exact) mass is 383 g/mol. The minimum Gasteiger partial charge on any atom is -0.351 e. The van der Waals surface area contributed by atoms with E-state index in [1.807, 2.05) is 16.9 Å². The summed E-state index contributed by atoms with van der Waals surface area (Å²) in [5, 5.41) is 10.9. The van der Waals surface area contributed by atoms with Crippen LogP contribution in [0.2, 0.25) is 0 Å². The SMILES string of the molecule is CC1CCN(CCCCNC(=O)c2ccn(C3CCCNC3)n2)CC1.Cl. The molecule has 2 saturated heterocycles. The molecule has 0 bridgehead atoms. The fourth-order valence-corrected chi connectivity index (χ4v) is 3.76. The molecule has 1 unspecified atom stereocenters. The summed E-state index contributed by atoms with van der Waals surface area (Å²) in [6.07, 6.45) is 9.07. The van der Waals surface area contributed by atoms with Gasteiger partial charge in [0.05, 0.1) is 6.04 Å². The van der Waals surface area contributed by atoms with Gasteiger partial charge in [-0.15, -0.1) is 12.4 Å². The van der Waals surface area contributed by atoms with Crippen molar-refractivity contribution in [3.8, 4) is 0 Å². The van der Waals surface area contributed by atoms with E-state index in [9.17, 15) is 4.79 Å². The number of carbonyl (C=O) groups excluding carboxylic acids is 1. The normalized spacial score (nSPS) is 22.0. The van der Waals surface area contributed by atoms with Gasteiger partial charge in [0.2, 0.25) is 0 Å². The maximum Gasteiger partial charge on any atom is 0.271 e. The molecule has 1 aromatic heterocycles. The molecule has 0 spiro atoms. The van der Waals surface area contributed by atoms with Crippen molar-refractivity contribution in [3.05, 3.63) is 18.0 Å². The summed E-state index contributed by atoms with van der Waals surface area (Å²) in [5.74, 6) is 0.842. The van der Waals surface area contributed by atoms with Crippen LogP contribution in [-0.2, 0) is 0 Å². The highest BCUT2D eigenvalue weighted by Gasteiger charge is 2.18. The van der Waals surface area contributed by atoms with Gasteiger partial charge >= 0.3 is 0 Å². The minimum atomic E-state index is -0.0469. The predicted molar refractivity (Wildman–Crippen MR) is 107 cm³/mol. The molecule has 2 aliphatic rings. The molecule has 0 aromatic carbocycles. The van der Waals surface area contributed by atoms with E-state index in [0.717, 1.165) is 51.4 Å². The fourth-order valence-electron chi connectivity index (χ4n) is 3.76. The molecule has 6 nitrogen and oxygen atoms in total. The molecule has 1 atom stereocenters. The van der Waals surface area contributed by atoms with E-state index in [1.54, 1.807) is 0 Å². The van der Waals surface area contributed by atoms with Crippen LogP contribution in [0.1, 0.15) is 62.0 Å². The topological polar surface area (TPSA) is 62.2 Å². The van der Waals surface area contributed by atoms with Crippen LogP contribution in [0.25, 0.3) is 0 Å². The molecule has 26 heavy (non-hydrogen) atoms. The third-order valence-electron chi connectivity index (χ3n) is 5.55. The number of aromatic nitrogens is 2. The van der Waals surface area contributed by atoms with Gasteiger partial charge in [-0.1, -0.05) is 6.92 Å². The average molecular weight is 384 g/mol. The van der Waals surface area contributed by atoms with E-state index in [-0.39, 0.29) is 18.3 Å². The Balaban J connectivity index is 0.00000243. The molecule has 0 aliphatic carbocycles. The van der Waals surface area contributed by atoms with Crippen LogP contribution in [0.5, 0.6) is 0 Å². The van der Waals surface area contributed by atoms with Crippen molar-refractivity contribution in [2.75, 3.05) is 39.3 Å². The summed E-state index contributed by atoms with van der Waals surface area (Å²) in [6.45, 7) is 8.74. The van der Waals surface area contributed by atoms with Crippen molar-refractivity contribution in [2.24, 2.45) is 5.92 Å². The molecular formula is C19H34ClN5O. The first-order valence-corrected chi connectivity index (χ1v) is 9.99. The van der Waals surface area contributed by atoms with Gasteiger partial charge in [0.1, 0.15) is 5.69 Å². The number of rotatable bonds is 7. The molecular weight excluding hydrogens is 350 g/mol. The lowest BCUT2D eigenvalue weighted by Crippen LogP contribution is -2.34. The first kappa shape index (κ1) is 21.2. The van der Waals surface area contributed by atoms with Crippen molar-refractivity contribution in [1.29, 1.82) is 0 Å². The summed E-state index contributed by atoms with van der Waals surface area (Å²) >= 11 is 0. The number of nitrogens with one attached hydrogen (secondary N) is 2. The highest BCUT2D eigenvalue weighted by atomic mass is 35.5. The molecule has 7 heteroatoms. The zero-order valence-electron chi connectivity index (χ0n) is 16.0. The quantitative estimate of drug-likeness (QED) is 0.710. The predicted octanol–water partition coefficient (Wildman–Crippen LogP) is 2.47.